The van der Waals surface area contributed by atoms with Crippen LogP contribution in [0.3, 0.4) is 0 Å². The summed E-state index contributed by atoms with van der Waals surface area (Å²) in [5.41, 5.74) is 8.66. The number of carbonyl (C=O) groups excluding carboxylic acids is 2. The summed E-state index contributed by atoms with van der Waals surface area (Å²) in [6.07, 6.45) is 0.421. The Morgan fingerprint density at radius 2 is 1.83 bits per heavy atom. The Balaban J connectivity index is 1.50. The molecule has 2 heterocycles. The zero-order chi connectivity index (χ0) is 21.3. The number of rotatable bonds is 6. The van der Waals surface area contributed by atoms with Crippen molar-refractivity contribution in [1.82, 2.24) is 9.88 Å². The molecule has 2 amide bonds. The van der Waals surface area contributed by atoms with Crippen LogP contribution in [0.1, 0.15) is 30.2 Å². The fourth-order valence-corrected chi connectivity index (χ4v) is 4.03. The molecule has 0 aliphatic carbocycles. The van der Waals surface area contributed by atoms with Crippen molar-refractivity contribution in [3.63, 3.8) is 0 Å². The maximum absolute atomic E-state index is 12.2. The molecule has 1 fully saturated rings. The molecule has 1 aromatic heterocycles. The van der Waals surface area contributed by atoms with Gasteiger partial charge in [0.25, 0.3) is 0 Å². The molecule has 2 aromatic carbocycles. The molecule has 2 N–H and O–H groups in total. The predicted molar refractivity (Wildman–Crippen MR) is 115 cm³/mol. The van der Waals surface area contributed by atoms with E-state index >= 15 is 0 Å². The Labute approximate surface area is 175 Å². The number of aromatic nitrogens is 1. The summed E-state index contributed by atoms with van der Waals surface area (Å²) < 4.78 is 6.00. The maximum Gasteiger partial charge on any atom is 0.231 e. The molecule has 1 saturated heterocycles. The van der Waals surface area contributed by atoms with E-state index in [0.717, 1.165) is 27.7 Å². The second-order valence-corrected chi connectivity index (χ2v) is 7.80. The number of hydrogen-bond donors (Lipinski definition) is 1. The van der Waals surface area contributed by atoms with E-state index in [1.54, 1.807) is 4.90 Å². The van der Waals surface area contributed by atoms with Crippen LogP contribution in [0.2, 0.25) is 0 Å². The number of fused-ring (bicyclic) bond motifs is 1. The summed E-state index contributed by atoms with van der Waals surface area (Å²) in [6, 6.07) is 17.5. The third-order valence-corrected chi connectivity index (χ3v) is 5.78. The van der Waals surface area contributed by atoms with E-state index in [2.05, 4.69) is 4.98 Å². The molecule has 0 saturated carbocycles. The molecular weight excluding hydrogens is 378 g/mol. The highest BCUT2D eigenvalue weighted by atomic mass is 16.5. The van der Waals surface area contributed by atoms with Crippen LogP contribution in [0.15, 0.2) is 54.6 Å². The number of primary amides is 1. The van der Waals surface area contributed by atoms with Gasteiger partial charge < -0.3 is 15.4 Å². The average Bonchev–Trinajstić information content (AvgIpc) is 2.71. The molecule has 3 aromatic rings. The van der Waals surface area contributed by atoms with Gasteiger partial charge in [-0.15, -0.1) is 0 Å². The minimum absolute atomic E-state index is 0.0340. The molecule has 1 aliphatic heterocycles. The first kappa shape index (κ1) is 19.9. The normalized spacial score (nSPS) is 14.9. The molecule has 6 nitrogen and oxygen atoms in total. The second-order valence-electron chi connectivity index (χ2n) is 7.80. The van der Waals surface area contributed by atoms with Crippen LogP contribution in [-0.2, 0) is 21.6 Å². The molecule has 4 rings (SSSR count). The monoisotopic (exact) mass is 403 g/mol. The summed E-state index contributed by atoms with van der Waals surface area (Å²) in [4.78, 5) is 30.3. The lowest BCUT2D eigenvalue weighted by molar-refractivity contribution is -0.144. The number of nitrogens with zero attached hydrogens (tertiary/aromatic N) is 2. The molecule has 0 spiro atoms. The van der Waals surface area contributed by atoms with Crippen molar-refractivity contribution >= 4 is 22.7 Å². The summed E-state index contributed by atoms with van der Waals surface area (Å²) in [6.45, 7) is 4.86. The Morgan fingerprint density at radius 3 is 2.50 bits per heavy atom. The Bertz CT molecular complexity index is 1100. The molecule has 0 bridgehead atoms. The van der Waals surface area contributed by atoms with E-state index in [4.69, 9.17) is 10.5 Å². The summed E-state index contributed by atoms with van der Waals surface area (Å²) in [5.74, 6) is 0.333. The van der Waals surface area contributed by atoms with Crippen LogP contribution in [0.4, 0.5) is 0 Å². The first-order valence-corrected chi connectivity index (χ1v) is 10.1. The lowest BCUT2D eigenvalue weighted by atomic mass is 9.73. The Kier molecular flexibility index (Phi) is 5.16. The van der Waals surface area contributed by atoms with Gasteiger partial charge in [0.2, 0.25) is 11.8 Å². The van der Waals surface area contributed by atoms with Gasteiger partial charge in [0.15, 0.2) is 0 Å². The minimum atomic E-state index is -0.818. The highest BCUT2D eigenvalue weighted by molar-refractivity contribution is 5.91. The van der Waals surface area contributed by atoms with Crippen LogP contribution < -0.4 is 10.5 Å². The molecule has 6 heteroatoms. The van der Waals surface area contributed by atoms with E-state index in [-0.39, 0.29) is 5.91 Å². The number of para-hydroxylation sites is 1. The maximum atomic E-state index is 12.2. The van der Waals surface area contributed by atoms with Gasteiger partial charge in [-0.2, -0.15) is 0 Å². The predicted octanol–water partition coefficient (Wildman–Crippen LogP) is 3.10. The first-order chi connectivity index (χ1) is 14.4. The van der Waals surface area contributed by atoms with Crippen molar-refractivity contribution in [3.8, 4) is 5.75 Å². The van der Waals surface area contributed by atoms with Crippen molar-refractivity contribution in [2.75, 3.05) is 13.1 Å². The molecule has 0 atom stereocenters. The smallest absolute Gasteiger partial charge is 0.231 e. The van der Waals surface area contributed by atoms with E-state index < -0.39 is 11.3 Å². The lowest BCUT2D eigenvalue weighted by Crippen LogP contribution is -2.66. The fourth-order valence-electron chi connectivity index (χ4n) is 4.03. The summed E-state index contributed by atoms with van der Waals surface area (Å²) in [5, 5.41) is 1.07. The molecule has 0 radical (unpaired) electrons. The van der Waals surface area contributed by atoms with Crippen LogP contribution in [0.5, 0.6) is 5.75 Å². The zero-order valence-corrected chi connectivity index (χ0v) is 17.2. The van der Waals surface area contributed by atoms with Gasteiger partial charge >= 0.3 is 0 Å². The van der Waals surface area contributed by atoms with Gasteiger partial charge in [0, 0.05) is 36.2 Å². The SMILES string of the molecule is CCC(=O)N1CC(C(N)=O)(c2ccc(OCc3cc(C)nc4ccccc34)cc2)C1. The van der Waals surface area contributed by atoms with Gasteiger partial charge in [0.05, 0.1) is 5.52 Å². The fraction of sp³-hybridized carbons (Fsp3) is 0.292. The lowest BCUT2D eigenvalue weighted by Gasteiger charge is -2.48. The van der Waals surface area contributed by atoms with Crippen molar-refractivity contribution in [3.05, 3.63) is 71.4 Å². The third-order valence-electron chi connectivity index (χ3n) is 5.78. The Morgan fingerprint density at radius 1 is 1.13 bits per heavy atom. The van der Waals surface area contributed by atoms with E-state index in [0.29, 0.717) is 31.9 Å². The van der Waals surface area contributed by atoms with Crippen molar-refractivity contribution in [2.45, 2.75) is 32.3 Å². The molecule has 30 heavy (non-hydrogen) atoms. The van der Waals surface area contributed by atoms with Crippen molar-refractivity contribution < 1.29 is 14.3 Å². The van der Waals surface area contributed by atoms with Gasteiger partial charge in [-0.1, -0.05) is 37.3 Å². The number of carbonyl (C=O) groups is 2. The van der Waals surface area contributed by atoms with Crippen LogP contribution in [0.25, 0.3) is 10.9 Å². The number of ether oxygens (including phenoxy) is 1. The number of hydrogen-bond acceptors (Lipinski definition) is 4. The van der Waals surface area contributed by atoms with Crippen molar-refractivity contribution in [2.24, 2.45) is 5.73 Å². The van der Waals surface area contributed by atoms with Crippen molar-refractivity contribution in [1.29, 1.82) is 0 Å². The van der Waals surface area contributed by atoms with Crippen LogP contribution >= 0.6 is 0 Å². The molecule has 154 valence electrons. The zero-order valence-electron chi connectivity index (χ0n) is 17.2. The third kappa shape index (κ3) is 3.49. The number of pyridine rings is 1. The topological polar surface area (TPSA) is 85.5 Å². The number of amides is 2. The van der Waals surface area contributed by atoms with Crippen LogP contribution in [0, 0.1) is 6.92 Å². The minimum Gasteiger partial charge on any atom is -0.489 e. The largest absolute Gasteiger partial charge is 0.489 e. The second kappa shape index (κ2) is 7.78. The van der Waals surface area contributed by atoms with E-state index in [1.807, 2.05) is 68.4 Å². The molecule has 1 aliphatic rings. The highest BCUT2D eigenvalue weighted by Crippen LogP contribution is 2.35. The highest BCUT2D eigenvalue weighted by Gasteiger charge is 2.50. The average molecular weight is 403 g/mol. The summed E-state index contributed by atoms with van der Waals surface area (Å²) >= 11 is 0. The first-order valence-electron chi connectivity index (χ1n) is 10.1. The number of aryl methyl sites for hydroxylation is 1. The number of nitrogens with two attached hydrogens (primary N) is 1. The van der Waals surface area contributed by atoms with Gasteiger partial charge in [-0.25, -0.2) is 0 Å². The quantitative estimate of drug-likeness (QED) is 0.685. The van der Waals surface area contributed by atoms with Gasteiger partial charge in [-0.05, 0) is 36.8 Å². The summed E-state index contributed by atoms with van der Waals surface area (Å²) in [7, 11) is 0. The molecular formula is C24H25N3O3. The standard InChI is InChI=1S/C24H25N3O3/c1-3-22(28)27-14-24(15-27,23(25)29)18-8-10-19(11-9-18)30-13-17-12-16(2)26-21-7-5-4-6-20(17)21/h4-12H,3,13-15H2,1-2H3,(H2,25,29). The van der Waals surface area contributed by atoms with E-state index in [9.17, 15) is 9.59 Å². The van der Waals surface area contributed by atoms with Gasteiger partial charge in [0.1, 0.15) is 17.8 Å². The number of benzene rings is 2. The van der Waals surface area contributed by atoms with Gasteiger partial charge in [-0.3, -0.25) is 14.6 Å². The molecule has 0 unspecified atom stereocenters. The number of likely N-dealkylation sites (tertiary alicyclic amines) is 1. The van der Waals surface area contributed by atoms with Crippen LogP contribution in [-0.4, -0.2) is 34.8 Å². The Hall–Kier alpha value is -3.41. The van der Waals surface area contributed by atoms with E-state index in [1.165, 1.54) is 0 Å².